The van der Waals surface area contributed by atoms with Gasteiger partial charge in [0.05, 0.1) is 44.3 Å². The monoisotopic (exact) mass is 371 g/mol. The van der Waals surface area contributed by atoms with Gasteiger partial charge in [0, 0.05) is 17.3 Å². The Balaban J connectivity index is 1.71. The van der Waals surface area contributed by atoms with Crippen LogP contribution >= 0.6 is 0 Å². The summed E-state index contributed by atoms with van der Waals surface area (Å²) in [7, 11) is 1.36. The fraction of sp³-hybridized carbons (Fsp3) is 0.400. The van der Waals surface area contributed by atoms with Gasteiger partial charge in [-0.15, -0.1) is 0 Å². The van der Waals surface area contributed by atoms with E-state index < -0.39 is 4.92 Å². The number of anilines is 1. The van der Waals surface area contributed by atoms with Gasteiger partial charge in [0.25, 0.3) is 5.69 Å². The van der Waals surface area contributed by atoms with Crippen molar-refractivity contribution in [2.24, 2.45) is 0 Å². The molecule has 2 aromatic rings. The van der Waals surface area contributed by atoms with E-state index in [1.807, 2.05) is 0 Å². The number of aryl methyl sites for hydroxylation is 2. The van der Waals surface area contributed by atoms with Gasteiger partial charge in [-0.05, 0) is 31.0 Å². The van der Waals surface area contributed by atoms with E-state index in [0.717, 1.165) is 26.2 Å². The fourth-order valence-electron chi connectivity index (χ4n) is 3.60. The standard InChI is InChI=1S/C20H25N3O4/c1-14-4-5-15(2)18(10-14)22-8-6-21(7-9-22)13-16-11-17(23(25)26)12-19(27-3)20(16)24/h4-5,10-12,24H,6-9,13H2,1-3H3. The Hall–Kier alpha value is -2.80. The normalized spacial score (nSPS) is 15.0. The van der Waals surface area contributed by atoms with Crippen molar-refractivity contribution in [1.29, 1.82) is 0 Å². The molecule has 2 aromatic carbocycles. The summed E-state index contributed by atoms with van der Waals surface area (Å²) < 4.78 is 5.03. The SMILES string of the molecule is COc1cc([N+](=O)[O-])cc(C[NH+]2CCN(c3cc(C)ccc3C)CC2)c1[O-]. The minimum absolute atomic E-state index is 0.0348. The molecule has 0 unspecified atom stereocenters. The molecular formula is C20H25N3O4. The van der Waals surface area contributed by atoms with Gasteiger partial charge in [0.2, 0.25) is 0 Å². The lowest BCUT2D eigenvalue weighted by Crippen LogP contribution is -3.13. The first-order valence-corrected chi connectivity index (χ1v) is 9.07. The maximum atomic E-state index is 12.4. The number of nitro groups is 1. The number of piperazine rings is 1. The van der Waals surface area contributed by atoms with E-state index in [1.165, 1.54) is 41.0 Å². The molecule has 0 saturated carbocycles. The number of nitro benzene ring substituents is 1. The van der Waals surface area contributed by atoms with E-state index in [2.05, 4.69) is 36.9 Å². The van der Waals surface area contributed by atoms with Crippen LogP contribution in [0.2, 0.25) is 0 Å². The molecule has 0 radical (unpaired) electrons. The van der Waals surface area contributed by atoms with Gasteiger partial charge < -0.3 is 19.6 Å². The third-order valence-corrected chi connectivity index (χ3v) is 5.16. The molecule has 144 valence electrons. The van der Waals surface area contributed by atoms with Crippen LogP contribution in [0, 0.1) is 24.0 Å². The van der Waals surface area contributed by atoms with E-state index in [-0.39, 0.29) is 17.2 Å². The second-order valence-corrected chi connectivity index (χ2v) is 7.10. The predicted octanol–water partition coefficient (Wildman–Crippen LogP) is 1.20. The minimum atomic E-state index is -0.487. The van der Waals surface area contributed by atoms with Crippen molar-refractivity contribution in [3.8, 4) is 11.5 Å². The number of nitrogens with zero attached hydrogens (tertiary/aromatic N) is 2. The summed E-state index contributed by atoms with van der Waals surface area (Å²) in [5.74, 6) is -0.222. The molecule has 7 nitrogen and oxygen atoms in total. The Labute approximate surface area is 158 Å². The maximum absolute atomic E-state index is 12.4. The summed E-state index contributed by atoms with van der Waals surface area (Å²) in [6, 6.07) is 9.05. The first kappa shape index (κ1) is 19.0. The van der Waals surface area contributed by atoms with E-state index in [9.17, 15) is 15.2 Å². The molecule has 3 rings (SSSR count). The molecule has 1 aliphatic heterocycles. The van der Waals surface area contributed by atoms with E-state index in [4.69, 9.17) is 4.74 Å². The highest BCUT2D eigenvalue weighted by molar-refractivity contribution is 5.55. The second-order valence-electron chi connectivity index (χ2n) is 7.10. The first-order chi connectivity index (χ1) is 12.9. The van der Waals surface area contributed by atoms with Gasteiger partial charge in [-0.2, -0.15) is 0 Å². The summed E-state index contributed by atoms with van der Waals surface area (Å²) in [6.45, 7) is 8.20. The Morgan fingerprint density at radius 2 is 1.89 bits per heavy atom. The van der Waals surface area contributed by atoms with Gasteiger partial charge in [0.1, 0.15) is 12.3 Å². The van der Waals surface area contributed by atoms with Crippen LogP contribution in [0.3, 0.4) is 0 Å². The van der Waals surface area contributed by atoms with Crippen molar-refractivity contribution < 1.29 is 19.7 Å². The van der Waals surface area contributed by atoms with Crippen LogP contribution in [0.15, 0.2) is 30.3 Å². The molecule has 1 aliphatic rings. The zero-order chi connectivity index (χ0) is 19.6. The fourth-order valence-corrected chi connectivity index (χ4v) is 3.60. The molecule has 7 heteroatoms. The van der Waals surface area contributed by atoms with Gasteiger partial charge >= 0.3 is 0 Å². The number of rotatable bonds is 5. The van der Waals surface area contributed by atoms with E-state index in [0.29, 0.717) is 12.1 Å². The molecule has 0 bridgehead atoms. The predicted molar refractivity (Wildman–Crippen MR) is 102 cm³/mol. The molecule has 1 fully saturated rings. The smallest absolute Gasteiger partial charge is 0.273 e. The minimum Gasteiger partial charge on any atom is -0.870 e. The maximum Gasteiger partial charge on any atom is 0.273 e. The van der Waals surface area contributed by atoms with Gasteiger partial charge in [-0.1, -0.05) is 17.9 Å². The van der Waals surface area contributed by atoms with Gasteiger partial charge in [-0.3, -0.25) is 10.1 Å². The van der Waals surface area contributed by atoms with Gasteiger partial charge in [0.15, 0.2) is 0 Å². The highest BCUT2D eigenvalue weighted by Crippen LogP contribution is 2.32. The number of quaternary nitrogens is 1. The lowest BCUT2D eigenvalue weighted by atomic mass is 10.1. The summed E-state index contributed by atoms with van der Waals surface area (Å²) in [5, 5.41) is 23.6. The largest absolute Gasteiger partial charge is 0.870 e. The molecule has 0 atom stereocenters. The number of hydrogen-bond donors (Lipinski definition) is 1. The third-order valence-electron chi connectivity index (χ3n) is 5.16. The summed E-state index contributed by atoms with van der Waals surface area (Å²) in [4.78, 5) is 14.3. The number of methoxy groups -OCH3 is 1. The highest BCUT2D eigenvalue weighted by Gasteiger charge is 2.23. The van der Waals surface area contributed by atoms with E-state index in [1.54, 1.807) is 0 Å². The highest BCUT2D eigenvalue weighted by atomic mass is 16.6. The number of nitrogens with one attached hydrogen (secondary N) is 1. The Kier molecular flexibility index (Phi) is 5.51. The molecular weight excluding hydrogens is 346 g/mol. The molecule has 1 heterocycles. The van der Waals surface area contributed by atoms with Crippen LogP contribution in [-0.4, -0.2) is 38.2 Å². The first-order valence-electron chi connectivity index (χ1n) is 9.07. The molecule has 0 aromatic heterocycles. The van der Waals surface area contributed by atoms with Crippen LogP contribution in [-0.2, 0) is 6.54 Å². The van der Waals surface area contributed by atoms with Crippen molar-refractivity contribution in [2.45, 2.75) is 20.4 Å². The lowest BCUT2D eigenvalue weighted by molar-refractivity contribution is -0.914. The molecule has 0 spiro atoms. The molecule has 0 amide bonds. The number of ether oxygens (including phenoxy) is 1. The van der Waals surface area contributed by atoms with Crippen molar-refractivity contribution in [1.82, 2.24) is 0 Å². The number of hydrogen-bond acceptors (Lipinski definition) is 5. The zero-order valence-corrected chi connectivity index (χ0v) is 15.9. The zero-order valence-electron chi connectivity index (χ0n) is 15.9. The van der Waals surface area contributed by atoms with Crippen LogP contribution in [0.5, 0.6) is 11.5 Å². The van der Waals surface area contributed by atoms with Crippen LogP contribution < -0.4 is 19.6 Å². The van der Waals surface area contributed by atoms with Crippen molar-refractivity contribution in [2.75, 3.05) is 38.2 Å². The quantitative estimate of drug-likeness (QED) is 0.631. The molecule has 1 saturated heterocycles. The van der Waals surface area contributed by atoms with E-state index >= 15 is 0 Å². The average Bonchev–Trinajstić information content (AvgIpc) is 2.66. The topological polar surface area (TPSA) is 83.1 Å². The average molecular weight is 371 g/mol. The molecule has 0 aliphatic carbocycles. The Morgan fingerprint density at radius 1 is 1.19 bits per heavy atom. The third kappa shape index (κ3) is 4.14. The summed E-state index contributed by atoms with van der Waals surface area (Å²) in [5.41, 5.74) is 4.10. The summed E-state index contributed by atoms with van der Waals surface area (Å²) in [6.07, 6.45) is 0. The van der Waals surface area contributed by atoms with Gasteiger partial charge in [-0.25, -0.2) is 0 Å². The number of benzene rings is 2. The summed E-state index contributed by atoms with van der Waals surface area (Å²) >= 11 is 0. The van der Waals surface area contributed by atoms with Crippen LogP contribution in [0.4, 0.5) is 11.4 Å². The lowest BCUT2D eigenvalue weighted by Gasteiger charge is -2.35. The van der Waals surface area contributed by atoms with Crippen molar-refractivity contribution in [3.63, 3.8) is 0 Å². The van der Waals surface area contributed by atoms with Crippen molar-refractivity contribution in [3.05, 3.63) is 57.1 Å². The molecule has 27 heavy (non-hydrogen) atoms. The Bertz CT molecular complexity index is 845. The van der Waals surface area contributed by atoms with Crippen LogP contribution in [0.1, 0.15) is 16.7 Å². The Morgan fingerprint density at radius 3 is 2.52 bits per heavy atom. The molecule has 1 N–H and O–H groups in total. The van der Waals surface area contributed by atoms with Crippen LogP contribution in [0.25, 0.3) is 0 Å². The van der Waals surface area contributed by atoms with Crippen molar-refractivity contribution >= 4 is 11.4 Å². The second kappa shape index (κ2) is 7.84. The number of non-ortho nitro benzene ring substituents is 1.